The summed E-state index contributed by atoms with van der Waals surface area (Å²) in [6.45, 7) is 4.45. The summed E-state index contributed by atoms with van der Waals surface area (Å²) in [7, 11) is 0. The minimum absolute atomic E-state index is 0.547. The highest BCUT2D eigenvalue weighted by Gasteiger charge is 2.08. The van der Waals surface area contributed by atoms with Crippen LogP contribution in [-0.4, -0.2) is 0 Å². The molecule has 1 aromatic heterocycles. The van der Waals surface area contributed by atoms with Gasteiger partial charge in [-0.2, -0.15) is 0 Å². The van der Waals surface area contributed by atoms with Crippen molar-refractivity contribution < 1.29 is 4.42 Å². The smallest absolute Gasteiger partial charge is 0.136 e. The van der Waals surface area contributed by atoms with Crippen molar-refractivity contribution in [3.8, 4) is 0 Å². The molecule has 1 heterocycles. The second kappa shape index (κ2) is 4.11. The Morgan fingerprint density at radius 2 is 1.60 bits per heavy atom. The molecule has 0 spiro atoms. The van der Waals surface area contributed by atoms with Crippen molar-refractivity contribution >= 4 is 32.7 Å². The topological polar surface area (TPSA) is 13.1 Å². The van der Waals surface area contributed by atoms with E-state index in [9.17, 15) is 0 Å². The summed E-state index contributed by atoms with van der Waals surface area (Å²) in [4.78, 5) is 0. The normalized spacial score (nSPS) is 11.9. The number of fused-ring (bicyclic) bond motifs is 4. The molecular formula is C19H16O. The minimum atomic E-state index is 0.547. The van der Waals surface area contributed by atoms with Gasteiger partial charge in [0.25, 0.3) is 0 Å². The molecule has 98 valence electrons. The molecule has 0 amide bonds. The highest BCUT2D eigenvalue weighted by atomic mass is 16.3. The lowest BCUT2D eigenvalue weighted by Crippen LogP contribution is -1.86. The van der Waals surface area contributed by atoms with Crippen molar-refractivity contribution in [3.63, 3.8) is 0 Å². The average molecular weight is 260 g/mol. The molecular weight excluding hydrogens is 244 g/mol. The molecule has 3 aromatic carbocycles. The molecule has 0 atom stereocenters. The van der Waals surface area contributed by atoms with E-state index in [4.69, 9.17) is 4.42 Å². The molecule has 0 fully saturated rings. The van der Waals surface area contributed by atoms with E-state index < -0.39 is 0 Å². The van der Waals surface area contributed by atoms with Gasteiger partial charge in [-0.05, 0) is 40.5 Å². The van der Waals surface area contributed by atoms with Crippen LogP contribution in [-0.2, 0) is 0 Å². The average Bonchev–Trinajstić information content (AvgIpc) is 2.81. The Labute approximate surface area is 117 Å². The number of hydrogen-bond acceptors (Lipinski definition) is 1. The lowest BCUT2D eigenvalue weighted by Gasteiger charge is -2.06. The number of para-hydroxylation sites is 1. The maximum absolute atomic E-state index is 5.96. The van der Waals surface area contributed by atoms with Crippen LogP contribution in [0.4, 0.5) is 0 Å². The van der Waals surface area contributed by atoms with Crippen LogP contribution in [0.25, 0.3) is 32.7 Å². The number of rotatable bonds is 1. The summed E-state index contributed by atoms with van der Waals surface area (Å²) < 4.78 is 5.96. The van der Waals surface area contributed by atoms with Gasteiger partial charge in [-0.15, -0.1) is 0 Å². The fourth-order valence-corrected chi connectivity index (χ4v) is 2.85. The number of benzene rings is 3. The van der Waals surface area contributed by atoms with E-state index in [0.29, 0.717) is 5.92 Å². The molecule has 0 radical (unpaired) electrons. The van der Waals surface area contributed by atoms with Crippen LogP contribution in [0.1, 0.15) is 25.3 Å². The molecule has 0 aliphatic heterocycles. The largest absolute Gasteiger partial charge is 0.456 e. The van der Waals surface area contributed by atoms with Crippen LogP contribution < -0.4 is 0 Å². The highest BCUT2D eigenvalue weighted by Crippen LogP contribution is 2.32. The van der Waals surface area contributed by atoms with Gasteiger partial charge >= 0.3 is 0 Å². The van der Waals surface area contributed by atoms with Gasteiger partial charge in [-0.1, -0.05) is 50.2 Å². The zero-order chi connectivity index (χ0) is 13.7. The van der Waals surface area contributed by atoms with Gasteiger partial charge in [0.05, 0.1) is 0 Å². The first-order chi connectivity index (χ1) is 9.72. The maximum Gasteiger partial charge on any atom is 0.136 e. The van der Waals surface area contributed by atoms with Crippen LogP contribution in [0.5, 0.6) is 0 Å². The van der Waals surface area contributed by atoms with Crippen molar-refractivity contribution in [2.75, 3.05) is 0 Å². The molecule has 4 rings (SSSR count). The second-order valence-electron chi connectivity index (χ2n) is 5.71. The third-order valence-electron chi connectivity index (χ3n) is 4.03. The zero-order valence-corrected chi connectivity index (χ0v) is 11.7. The van der Waals surface area contributed by atoms with Crippen molar-refractivity contribution in [2.24, 2.45) is 0 Å². The molecule has 0 aliphatic rings. The molecule has 0 saturated heterocycles. The highest BCUT2D eigenvalue weighted by molar-refractivity contribution is 6.10. The Morgan fingerprint density at radius 1 is 0.750 bits per heavy atom. The summed E-state index contributed by atoms with van der Waals surface area (Å²) >= 11 is 0. The molecule has 1 nitrogen and oxygen atoms in total. The molecule has 20 heavy (non-hydrogen) atoms. The minimum Gasteiger partial charge on any atom is -0.456 e. The SMILES string of the molecule is CC(C)c1ccc2cc3c(cc2c1)oc1ccccc13. The fourth-order valence-electron chi connectivity index (χ4n) is 2.85. The summed E-state index contributed by atoms with van der Waals surface area (Å²) in [6, 6.07) is 19.3. The molecule has 0 bridgehead atoms. The number of hydrogen-bond donors (Lipinski definition) is 0. The van der Waals surface area contributed by atoms with E-state index in [1.807, 2.05) is 12.1 Å². The first-order valence-electron chi connectivity index (χ1n) is 7.07. The van der Waals surface area contributed by atoms with E-state index in [1.54, 1.807) is 0 Å². The van der Waals surface area contributed by atoms with Crippen molar-refractivity contribution in [3.05, 3.63) is 60.2 Å². The zero-order valence-electron chi connectivity index (χ0n) is 11.7. The van der Waals surface area contributed by atoms with E-state index in [0.717, 1.165) is 11.2 Å². The van der Waals surface area contributed by atoms with Gasteiger partial charge < -0.3 is 4.42 Å². The summed E-state index contributed by atoms with van der Waals surface area (Å²) in [5.41, 5.74) is 3.30. The Morgan fingerprint density at radius 3 is 2.45 bits per heavy atom. The van der Waals surface area contributed by atoms with Gasteiger partial charge in [0, 0.05) is 10.8 Å². The molecule has 0 saturated carbocycles. The standard InChI is InChI=1S/C19H16O/c1-12(2)13-7-8-14-10-17-16-5-3-4-6-18(16)20-19(17)11-15(14)9-13/h3-12H,1-2H3. The van der Waals surface area contributed by atoms with Gasteiger partial charge in [0.15, 0.2) is 0 Å². The fraction of sp³-hybridized carbons (Fsp3) is 0.158. The van der Waals surface area contributed by atoms with Crippen LogP contribution in [0.2, 0.25) is 0 Å². The third kappa shape index (κ3) is 1.63. The van der Waals surface area contributed by atoms with Crippen molar-refractivity contribution in [1.82, 2.24) is 0 Å². The van der Waals surface area contributed by atoms with Crippen LogP contribution in [0.15, 0.2) is 59.0 Å². The molecule has 0 aliphatic carbocycles. The van der Waals surface area contributed by atoms with E-state index in [1.165, 1.54) is 27.1 Å². The van der Waals surface area contributed by atoms with Crippen LogP contribution in [0, 0.1) is 0 Å². The summed E-state index contributed by atoms with van der Waals surface area (Å²) in [6.07, 6.45) is 0. The maximum atomic E-state index is 5.96. The monoisotopic (exact) mass is 260 g/mol. The van der Waals surface area contributed by atoms with Crippen LogP contribution in [0.3, 0.4) is 0 Å². The van der Waals surface area contributed by atoms with Crippen molar-refractivity contribution in [2.45, 2.75) is 19.8 Å². The van der Waals surface area contributed by atoms with E-state index >= 15 is 0 Å². The van der Waals surface area contributed by atoms with Gasteiger partial charge in [-0.25, -0.2) is 0 Å². The van der Waals surface area contributed by atoms with E-state index in [2.05, 4.69) is 56.3 Å². The Kier molecular flexibility index (Phi) is 2.37. The number of furan rings is 1. The van der Waals surface area contributed by atoms with Gasteiger partial charge in [0.1, 0.15) is 11.2 Å². The molecule has 4 aromatic rings. The first-order valence-corrected chi connectivity index (χ1v) is 7.07. The second-order valence-corrected chi connectivity index (χ2v) is 5.71. The Hall–Kier alpha value is -2.28. The quantitative estimate of drug-likeness (QED) is 0.417. The predicted octanol–water partition coefficient (Wildman–Crippen LogP) is 5.86. The molecule has 0 N–H and O–H groups in total. The predicted molar refractivity (Wildman–Crippen MR) is 85.3 cm³/mol. The summed E-state index contributed by atoms with van der Waals surface area (Å²) in [5.74, 6) is 0.547. The van der Waals surface area contributed by atoms with Crippen molar-refractivity contribution in [1.29, 1.82) is 0 Å². The Balaban J connectivity index is 2.09. The van der Waals surface area contributed by atoms with Gasteiger partial charge in [0.2, 0.25) is 0 Å². The lowest BCUT2D eigenvalue weighted by atomic mass is 9.98. The molecule has 0 unspecified atom stereocenters. The first kappa shape index (κ1) is 11.5. The summed E-state index contributed by atoms with van der Waals surface area (Å²) in [5, 5.41) is 4.92. The van der Waals surface area contributed by atoms with E-state index in [-0.39, 0.29) is 0 Å². The third-order valence-corrected chi connectivity index (χ3v) is 4.03. The van der Waals surface area contributed by atoms with Crippen LogP contribution >= 0.6 is 0 Å². The lowest BCUT2D eigenvalue weighted by molar-refractivity contribution is 0.669. The van der Waals surface area contributed by atoms with Gasteiger partial charge in [-0.3, -0.25) is 0 Å². The Bertz CT molecular complexity index is 928. The molecule has 1 heteroatoms.